The van der Waals surface area contributed by atoms with Gasteiger partial charge in [-0.25, -0.2) is 0 Å². The Morgan fingerprint density at radius 1 is 0.917 bits per heavy atom. The van der Waals surface area contributed by atoms with E-state index in [4.69, 9.17) is 4.74 Å². The molecule has 24 heavy (non-hydrogen) atoms. The first-order valence-corrected chi connectivity index (χ1v) is 7.86. The maximum atomic E-state index is 12.2. The summed E-state index contributed by atoms with van der Waals surface area (Å²) >= 11 is 0. The predicted octanol–water partition coefficient (Wildman–Crippen LogP) is 3.18. The molecule has 0 saturated carbocycles. The fourth-order valence-electron chi connectivity index (χ4n) is 2.33. The molecule has 0 aromatic heterocycles. The third-order valence-electron chi connectivity index (χ3n) is 3.53. The van der Waals surface area contributed by atoms with Crippen molar-refractivity contribution in [3.05, 3.63) is 60.2 Å². The van der Waals surface area contributed by atoms with Crippen molar-refractivity contribution in [2.75, 3.05) is 0 Å². The van der Waals surface area contributed by atoms with Crippen LogP contribution >= 0.6 is 0 Å². The quantitative estimate of drug-likeness (QED) is 0.857. The number of nitrogens with one attached hydrogen (secondary N) is 2. The minimum atomic E-state index is -0.591. The van der Waals surface area contributed by atoms with Crippen LogP contribution in [-0.2, 0) is 9.59 Å². The second-order valence-corrected chi connectivity index (χ2v) is 5.61. The van der Waals surface area contributed by atoms with Gasteiger partial charge in [0.2, 0.25) is 11.8 Å². The number of para-hydroxylation sites is 2. The molecule has 0 radical (unpaired) electrons. The van der Waals surface area contributed by atoms with Crippen LogP contribution in [0.4, 0.5) is 0 Å². The molecule has 0 unspecified atom stereocenters. The Morgan fingerprint density at radius 3 is 2.21 bits per heavy atom. The molecule has 0 aliphatic carbocycles. The van der Waals surface area contributed by atoms with Crippen LogP contribution < -0.4 is 15.4 Å². The highest BCUT2D eigenvalue weighted by Gasteiger charge is 2.19. The van der Waals surface area contributed by atoms with Crippen molar-refractivity contribution >= 4 is 11.8 Å². The average molecular weight is 326 g/mol. The SMILES string of the molecule is CC(=O)N[C@H](C)C(=O)N[C@H](C)c1ccccc1Oc1ccccc1. The lowest BCUT2D eigenvalue weighted by molar-refractivity contribution is -0.128. The van der Waals surface area contributed by atoms with E-state index in [1.165, 1.54) is 6.92 Å². The van der Waals surface area contributed by atoms with Gasteiger partial charge in [0.1, 0.15) is 17.5 Å². The number of carbonyl (C=O) groups is 2. The Hall–Kier alpha value is -2.82. The van der Waals surface area contributed by atoms with Crippen LogP contribution in [0.3, 0.4) is 0 Å². The number of benzene rings is 2. The number of carbonyl (C=O) groups excluding carboxylic acids is 2. The van der Waals surface area contributed by atoms with Gasteiger partial charge in [-0.3, -0.25) is 9.59 Å². The van der Waals surface area contributed by atoms with E-state index in [0.29, 0.717) is 5.75 Å². The maximum absolute atomic E-state index is 12.2. The van der Waals surface area contributed by atoms with Gasteiger partial charge in [0.15, 0.2) is 0 Å². The van der Waals surface area contributed by atoms with Gasteiger partial charge in [-0.2, -0.15) is 0 Å². The van der Waals surface area contributed by atoms with Gasteiger partial charge >= 0.3 is 0 Å². The van der Waals surface area contributed by atoms with Crippen molar-refractivity contribution in [3.8, 4) is 11.5 Å². The van der Waals surface area contributed by atoms with E-state index in [-0.39, 0.29) is 17.9 Å². The fraction of sp³-hybridized carbons (Fsp3) is 0.263. The van der Waals surface area contributed by atoms with E-state index >= 15 is 0 Å². The van der Waals surface area contributed by atoms with Crippen molar-refractivity contribution in [2.45, 2.75) is 32.9 Å². The van der Waals surface area contributed by atoms with E-state index < -0.39 is 6.04 Å². The van der Waals surface area contributed by atoms with Crippen LogP contribution in [-0.4, -0.2) is 17.9 Å². The van der Waals surface area contributed by atoms with E-state index in [1.807, 2.05) is 61.5 Å². The molecule has 0 bridgehead atoms. The summed E-state index contributed by atoms with van der Waals surface area (Å²) in [5, 5.41) is 5.47. The third kappa shape index (κ3) is 4.84. The Bertz CT molecular complexity index is 701. The van der Waals surface area contributed by atoms with Crippen molar-refractivity contribution in [3.63, 3.8) is 0 Å². The van der Waals surface area contributed by atoms with Gasteiger partial charge in [0, 0.05) is 12.5 Å². The van der Waals surface area contributed by atoms with E-state index in [0.717, 1.165) is 11.3 Å². The first kappa shape index (κ1) is 17.5. The lowest BCUT2D eigenvalue weighted by Crippen LogP contribution is -2.44. The molecule has 126 valence electrons. The summed E-state index contributed by atoms with van der Waals surface area (Å²) in [5.41, 5.74) is 0.865. The summed E-state index contributed by atoms with van der Waals surface area (Å²) < 4.78 is 5.92. The van der Waals surface area contributed by atoms with Crippen molar-refractivity contribution in [1.82, 2.24) is 10.6 Å². The fourth-order valence-corrected chi connectivity index (χ4v) is 2.33. The molecule has 0 aliphatic heterocycles. The lowest BCUT2D eigenvalue weighted by Gasteiger charge is -2.20. The first-order valence-electron chi connectivity index (χ1n) is 7.86. The second-order valence-electron chi connectivity index (χ2n) is 5.61. The van der Waals surface area contributed by atoms with Gasteiger partial charge < -0.3 is 15.4 Å². The van der Waals surface area contributed by atoms with Crippen LogP contribution in [0.2, 0.25) is 0 Å². The largest absolute Gasteiger partial charge is 0.457 e. The van der Waals surface area contributed by atoms with Crippen molar-refractivity contribution in [1.29, 1.82) is 0 Å². The molecule has 0 fully saturated rings. The molecule has 2 aromatic rings. The van der Waals surface area contributed by atoms with Crippen LogP contribution in [0, 0.1) is 0 Å². The summed E-state index contributed by atoms with van der Waals surface area (Å²) in [7, 11) is 0. The van der Waals surface area contributed by atoms with Gasteiger partial charge in [0.25, 0.3) is 0 Å². The Morgan fingerprint density at radius 2 is 1.54 bits per heavy atom. The van der Waals surface area contributed by atoms with Gasteiger partial charge in [-0.15, -0.1) is 0 Å². The van der Waals surface area contributed by atoms with Crippen molar-refractivity contribution < 1.29 is 14.3 Å². The Balaban J connectivity index is 2.11. The van der Waals surface area contributed by atoms with Crippen LogP contribution in [0.15, 0.2) is 54.6 Å². The topological polar surface area (TPSA) is 67.4 Å². The second kappa shape index (κ2) is 8.15. The molecular weight excluding hydrogens is 304 g/mol. The highest BCUT2D eigenvalue weighted by Crippen LogP contribution is 2.29. The first-order chi connectivity index (χ1) is 11.5. The highest BCUT2D eigenvalue weighted by atomic mass is 16.5. The van der Waals surface area contributed by atoms with Crippen LogP contribution in [0.25, 0.3) is 0 Å². The molecule has 0 heterocycles. The highest BCUT2D eigenvalue weighted by molar-refractivity contribution is 5.86. The molecule has 0 aliphatic rings. The maximum Gasteiger partial charge on any atom is 0.242 e. The number of rotatable bonds is 6. The van der Waals surface area contributed by atoms with Crippen LogP contribution in [0.5, 0.6) is 11.5 Å². The van der Waals surface area contributed by atoms with E-state index in [1.54, 1.807) is 6.92 Å². The van der Waals surface area contributed by atoms with Crippen molar-refractivity contribution in [2.24, 2.45) is 0 Å². The summed E-state index contributed by atoms with van der Waals surface area (Å²) in [6.07, 6.45) is 0. The number of amides is 2. The van der Waals surface area contributed by atoms with Crippen LogP contribution in [0.1, 0.15) is 32.4 Å². The molecule has 5 nitrogen and oxygen atoms in total. The van der Waals surface area contributed by atoms with E-state index in [9.17, 15) is 9.59 Å². The molecule has 0 saturated heterocycles. The Labute approximate surface area is 142 Å². The standard InChI is InChI=1S/C19H22N2O3/c1-13(21-19(23)14(2)20-15(3)22)17-11-7-8-12-18(17)24-16-9-5-4-6-10-16/h4-14H,1-3H3,(H,20,22)(H,21,23)/t13-,14-/m1/s1. The molecule has 2 amide bonds. The number of ether oxygens (including phenoxy) is 1. The predicted molar refractivity (Wildman–Crippen MR) is 92.8 cm³/mol. The molecule has 2 N–H and O–H groups in total. The molecule has 2 rings (SSSR count). The zero-order chi connectivity index (χ0) is 17.5. The number of hydrogen-bond donors (Lipinski definition) is 2. The summed E-state index contributed by atoms with van der Waals surface area (Å²) in [6.45, 7) is 4.91. The summed E-state index contributed by atoms with van der Waals surface area (Å²) in [5.74, 6) is 0.934. The molecule has 5 heteroatoms. The van der Waals surface area contributed by atoms with E-state index in [2.05, 4.69) is 10.6 Å². The van der Waals surface area contributed by atoms with Gasteiger partial charge in [-0.05, 0) is 32.0 Å². The third-order valence-corrected chi connectivity index (χ3v) is 3.53. The molecular formula is C19H22N2O3. The van der Waals surface area contributed by atoms with Gasteiger partial charge in [0.05, 0.1) is 6.04 Å². The molecule has 0 spiro atoms. The average Bonchev–Trinajstić information content (AvgIpc) is 2.55. The number of hydrogen-bond acceptors (Lipinski definition) is 3. The minimum absolute atomic E-state index is 0.238. The lowest BCUT2D eigenvalue weighted by atomic mass is 10.1. The zero-order valence-corrected chi connectivity index (χ0v) is 14.1. The normalized spacial score (nSPS) is 12.8. The molecule has 2 atom stereocenters. The summed E-state index contributed by atoms with van der Waals surface area (Å²) in [4.78, 5) is 23.2. The zero-order valence-electron chi connectivity index (χ0n) is 14.1. The summed E-state index contributed by atoms with van der Waals surface area (Å²) in [6, 6.07) is 16.2. The minimum Gasteiger partial charge on any atom is -0.457 e. The molecule has 2 aromatic carbocycles. The smallest absolute Gasteiger partial charge is 0.242 e. The Kier molecular flexibility index (Phi) is 5.95. The van der Waals surface area contributed by atoms with Gasteiger partial charge in [-0.1, -0.05) is 36.4 Å². The monoisotopic (exact) mass is 326 g/mol.